The summed E-state index contributed by atoms with van der Waals surface area (Å²) in [6.07, 6.45) is 0.865. The number of halogens is 1. The van der Waals surface area contributed by atoms with Crippen molar-refractivity contribution in [1.29, 1.82) is 0 Å². The zero-order valence-corrected chi connectivity index (χ0v) is 12.8. The van der Waals surface area contributed by atoms with E-state index in [1.165, 1.54) is 12.1 Å². The summed E-state index contributed by atoms with van der Waals surface area (Å²) in [5.74, 6) is 0.478. The number of rotatable bonds is 5. The van der Waals surface area contributed by atoms with E-state index >= 15 is 0 Å². The number of nitrogens with one attached hydrogen (secondary N) is 1. The van der Waals surface area contributed by atoms with Crippen LogP contribution in [0.2, 0.25) is 0 Å². The lowest BCUT2D eigenvalue weighted by atomic mass is 10.2. The number of amides is 1. The van der Waals surface area contributed by atoms with Gasteiger partial charge in [-0.3, -0.25) is 4.79 Å². The highest BCUT2D eigenvalue weighted by Gasteiger charge is 2.39. The van der Waals surface area contributed by atoms with Gasteiger partial charge in [0, 0.05) is 22.3 Å². The number of carbonyl (C=O) groups excluding carboxylic acids is 1. The Labute approximate surface area is 122 Å². The molecule has 1 saturated carbocycles. The molecule has 0 saturated heterocycles. The van der Waals surface area contributed by atoms with Gasteiger partial charge in [-0.25, -0.2) is 8.42 Å². The van der Waals surface area contributed by atoms with Crippen LogP contribution in [-0.4, -0.2) is 20.9 Å². The quantitative estimate of drug-likeness (QED) is 0.847. The van der Waals surface area contributed by atoms with Crippen molar-refractivity contribution in [3.63, 3.8) is 0 Å². The molecule has 1 fully saturated rings. The van der Waals surface area contributed by atoms with Crippen LogP contribution >= 0.6 is 10.7 Å². The van der Waals surface area contributed by atoms with Gasteiger partial charge in [0.2, 0.25) is 5.91 Å². The van der Waals surface area contributed by atoms with E-state index in [1.54, 1.807) is 13.0 Å². The Hall–Kier alpha value is -1.27. The van der Waals surface area contributed by atoms with E-state index < -0.39 is 9.05 Å². The van der Waals surface area contributed by atoms with Crippen LogP contribution in [-0.2, 0) is 13.8 Å². The summed E-state index contributed by atoms with van der Waals surface area (Å²) in [6, 6.07) is 4.41. The highest BCUT2D eigenvalue weighted by Crippen LogP contribution is 2.39. The van der Waals surface area contributed by atoms with Crippen molar-refractivity contribution >= 4 is 31.3 Å². The van der Waals surface area contributed by atoms with Crippen molar-refractivity contribution in [1.82, 2.24) is 0 Å². The lowest BCUT2D eigenvalue weighted by Gasteiger charge is -2.10. The predicted octanol–water partition coefficient (Wildman–Crippen LogP) is 2.61. The third kappa shape index (κ3) is 3.43. The Morgan fingerprint density at radius 2 is 2.15 bits per heavy atom. The highest BCUT2D eigenvalue weighted by atomic mass is 35.7. The Morgan fingerprint density at radius 3 is 2.65 bits per heavy atom. The molecule has 0 radical (unpaired) electrons. The van der Waals surface area contributed by atoms with Crippen molar-refractivity contribution in [2.75, 3.05) is 11.9 Å². The molecule has 1 aliphatic carbocycles. The molecule has 2 unspecified atom stereocenters. The zero-order chi connectivity index (χ0) is 14.9. The van der Waals surface area contributed by atoms with Crippen LogP contribution in [0.25, 0.3) is 0 Å². The molecule has 0 bridgehead atoms. The molecule has 0 aromatic heterocycles. The largest absolute Gasteiger partial charge is 0.492 e. The van der Waals surface area contributed by atoms with Crippen molar-refractivity contribution in [3.8, 4) is 5.75 Å². The monoisotopic (exact) mass is 317 g/mol. The molecule has 2 atom stereocenters. The lowest BCUT2D eigenvalue weighted by molar-refractivity contribution is -0.117. The van der Waals surface area contributed by atoms with Crippen molar-refractivity contribution in [2.45, 2.75) is 25.2 Å². The molecular weight excluding hydrogens is 302 g/mol. The summed E-state index contributed by atoms with van der Waals surface area (Å²) in [4.78, 5) is 11.7. The zero-order valence-electron chi connectivity index (χ0n) is 11.2. The molecule has 1 aromatic rings. The van der Waals surface area contributed by atoms with Gasteiger partial charge in [0.25, 0.3) is 9.05 Å². The second-order valence-corrected chi connectivity index (χ2v) is 7.38. The fourth-order valence-electron chi connectivity index (χ4n) is 1.97. The van der Waals surface area contributed by atoms with Gasteiger partial charge in [-0.05, 0) is 37.5 Å². The smallest absolute Gasteiger partial charge is 0.265 e. The molecule has 110 valence electrons. The third-order valence-electron chi connectivity index (χ3n) is 3.22. The molecule has 1 aliphatic rings. The maximum atomic E-state index is 11.8. The van der Waals surface area contributed by atoms with Crippen molar-refractivity contribution in [3.05, 3.63) is 18.2 Å². The number of hydrogen-bond donors (Lipinski definition) is 1. The first-order valence-electron chi connectivity index (χ1n) is 6.35. The van der Waals surface area contributed by atoms with Crippen molar-refractivity contribution in [2.24, 2.45) is 11.8 Å². The van der Waals surface area contributed by atoms with Crippen LogP contribution in [0.5, 0.6) is 5.75 Å². The maximum absolute atomic E-state index is 11.8. The number of ether oxygens (including phenoxy) is 1. The number of carbonyl (C=O) groups is 1. The van der Waals surface area contributed by atoms with Gasteiger partial charge in [-0.2, -0.15) is 0 Å². The Kier molecular flexibility index (Phi) is 4.25. The molecule has 20 heavy (non-hydrogen) atoms. The molecule has 1 N–H and O–H groups in total. The van der Waals surface area contributed by atoms with Gasteiger partial charge in [0.05, 0.1) is 6.61 Å². The second-order valence-electron chi connectivity index (χ2n) is 4.84. The minimum absolute atomic E-state index is 0.0117. The first kappa shape index (κ1) is 15.1. The van der Waals surface area contributed by atoms with Gasteiger partial charge in [0.1, 0.15) is 10.6 Å². The van der Waals surface area contributed by atoms with Crippen LogP contribution in [0.4, 0.5) is 5.69 Å². The Balaban J connectivity index is 2.25. The van der Waals surface area contributed by atoms with Crippen LogP contribution in [0.3, 0.4) is 0 Å². The first-order valence-corrected chi connectivity index (χ1v) is 8.66. The van der Waals surface area contributed by atoms with Gasteiger partial charge in [0.15, 0.2) is 0 Å². The number of benzene rings is 1. The average molecular weight is 318 g/mol. The lowest BCUT2D eigenvalue weighted by Crippen LogP contribution is -2.14. The van der Waals surface area contributed by atoms with E-state index in [4.69, 9.17) is 15.4 Å². The fourth-order valence-corrected chi connectivity index (χ4v) is 2.97. The van der Waals surface area contributed by atoms with Crippen molar-refractivity contribution < 1.29 is 17.9 Å². The van der Waals surface area contributed by atoms with E-state index in [-0.39, 0.29) is 22.5 Å². The predicted molar refractivity (Wildman–Crippen MR) is 76.6 cm³/mol. The molecule has 2 rings (SSSR count). The summed E-state index contributed by atoms with van der Waals surface area (Å²) in [5, 5.41) is 2.70. The van der Waals surface area contributed by atoms with Gasteiger partial charge in [-0.15, -0.1) is 0 Å². The summed E-state index contributed by atoms with van der Waals surface area (Å²) in [7, 11) is 1.45. The maximum Gasteiger partial charge on any atom is 0.265 e. The molecule has 0 heterocycles. The van der Waals surface area contributed by atoms with E-state index in [0.717, 1.165) is 6.42 Å². The molecule has 7 heteroatoms. The standard InChI is InChI=1S/C13H16ClNO4S/c1-3-19-11-5-4-9(7-12(11)20(14,17)18)15-13(16)10-6-8(10)2/h4-5,7-8,10H,3,6H2,1-2H3,(H,15,16). The SMILES string of the molecule is CCOc1ccc(NC(=O)C2CC2C)cc1S(=O)(=O)Cl. The topological polar surface area (TPSA) is 72.5 Å². The Bertz CT molecular complexity index is 629. The van der Waals surface area contributed by atoms with Crippen LogP contribution in [0.1, 0.15) is 20.3 Å². The molecule has 5 nitrogen and oxygen atoms in total. The van der Waals surface area contributed by atoms with E-state index in [2.05, 4.69) is 5.32 Å². The third-order valence-corrected chi connectivity index (χ3v) is 4.56. The molecule has 0 spiro atoms. The molecule has 0 aliphatic heterocycles. The minimum atomic E-state index is -3.93. The van der Waals surface area contributed by atoms with Gasteiger partial charge >= 0.3 is 0 Å². The average Bonchev–Trinajstić information content (AvgIpc) is 3.07. The molecule has 1 aromatic carbocycles. The van der Waals surface area contributed by atoms with E-state index in [1.807, 2.05) is 6.92 Å². The summed E-state index contributed by atoms with van der Waals surface area (Å²) >= 11 is 0. The summed E-state index contributed by atoms with van der Waals surface area (Å²) < 4.78 is 28.3. The first-order chi connectivity index (χ1) is 9.32. The van der Waals surface area contributed by atoms with Crippen LogP contribution < -0.4 is 10.1 Å². The second kappa shape index (κ2) is 5.61. The normalized spacial score (nSPS) is 21.4. The van der Waals surface area contributed by atoms with Crippen LogP contribution in [0, 0.1) is 11.8 Å². The fraction of sp³-hybridized carbons (Fsp3) is 0.462. The summed E-state index contributed by atoms with van der Waals surface area (Å²) in [5.41, 5.74) is 0.400. The number of anilines is 1. The van der Waals surface area contributed by atoms with E-state index in [9.17, 15) is 13.2 Å². The molecule has 1 amide bonds. The minimum Gasteiger partial charge on any atom is -0.492 e. The molecular formula is C13H16ClNO4S. The van der Waals surface area contributed by atoms with Gasteiger partial charge < -0.3 is 10.1 Å². The van der Waals surface area contributed by atoms with Gasteiger partial charge in [-0.1, -0.05) is 6.92 Å². The van der Waals surface area contributed by atoms with E-state index in [0.29, 0.717) is 18.2 Å². The summed E-state index contributed by atoms with van der Waals surface area (Å²) in [6.45, 7) is 4.07. The van der Waals surface area contributed by atoms with Crippen LogP contribution in [0.15, 0.2) is 23.1 Å². The highest BCUT2D eigenvalue weighted by molar-refractivity contribution is 8.13. The number of hydrogen-bond acceptors (Lipinski definition) is 4. The Morgan fingerprint density at radius 1 is 1.50 bits per heavy atom.